The topological polar surface area (TPSA) is 25.1 Å². The second-order valence-corrected chi connectivity index (χ2v) is 7.20. The van der Waals surface area contributed by atoms with Crippen LogP contribution in [0.5, 0.6) is 0 Å². The second-order valence-electron chi connectivity index (χ2n) is 3.67. The van der Waals surface area contributed by atoms with Gasteiger partial charge in [-0.15, -0.1) is 0 Å². The van der Waals surface area contributed by atoms with E-state index in [1.54, 1.807) is 0 Å². The van der Waals surface area contributed by atoms with Crippen LogP contribution in [-0.2, 0) is 9.47 Å². The number of rotatable bonds is 10. The molecular weight excluding hydrogens is 248 g/mol. The van der Waals surface area contributed by atoms with Crippen LogP contribution in [0.25, 0.3) is 0 Å². The summed E-state index contributed by atoms with van der Waals surface area (Å²) in [5.74, 6) is 7.54. The maximum Gasteiger partial charge on any atom is 0.0900 e. The van der Waals surface area contributed by atoms with Crippen LogP contribution >= 0.6 is 35.3 Å². The van der Waals surface area contributed by atoms with Crippen molar-refractivity contribution < 1.29 is 9.47 Å². The third-order valence-electron chi connectivity index (χ3n) is 2.16. The Labute approximate surface area is 105 Å². The fourth-order valence-electron chi connectivity index (χ4n) is 1.10. The first-order chi connectivity index (χ1) is 7.45. The normalized spacial score (nSPS) is 28.0. The first-order valence-electron chi connectivity index (χ1n) is 5.41. The SMILES string of the molecule is C(CSCC1CO1)SCCSCC1CO1. The minimum absolute atomic E-state index is 0.592. The van der Waals surface area contributed by atoms with E-state index in [0.29, 0.717) is 12.2 Å². The molecule has 0 aromatic heterocycles. The smallest absolute Gasteiger partial charge is 0.0900 e. The monoisotopic (exact) mass is 266 g/mol. The van der Waals surface area contributed by atoms with Crippen LogP contribution in [0.2, 0.25) is 0 Å². The van der Waals surface area contributed by atoms with Gasteiger partial charge in [0.05, 0.1) is 25.4 Å². The molecule has 88 valence electrons. The molecule has 15 heavy (non-hydrogen) atoms. The molecule has 2 saturated heterocycles. The minimum atomic E-state index is 0.592. The van der Waals surface area contributed by atoms with Gasteiger partial charge in [0.15, 0.2) is 0 Å². The van der Waals surface area contributed by atoms with Crippen LogP contribution in [0.15, 0.2) is 0 Å². The third-order valence-corrected chi connectivity index (χ3v) is 5.86. The van der Waals surface area contributed by atoms with E-state index in [1.807, 2.05) is 23.5 Å². The van der Waals surface area contributed by atoms with Gasteiger partial charge in [-0.05, 0) is 0 Å². The average molecular weight is 266 g/mol. The van der Waals surface area contributed by atoms with Crippen molar-refractivity contribution in [3.05, 3.63) is 0 Å². The Morgan fingerprint density at radius 3 is 1.53 bits per heavy atom. The lowest BCUT2D eigenvalue weighted by molar-refractivity contribution is 0.426. The van der Waals surface area contributed by atoms with Gasteiger partial charge >= 0.3 is 0 Å². The summed E-state index contributed by atoms with van der Waals surface area (Å²) in [6.45, 7) is 2.00. The third kappa shape index (κ3) is 7.00. The predicted molar refractivity (Wildman–Crippen MR) is 71.5 cm³/mol. The van der Waals surface area contributed by atoms with Crippen molar-refractivity contribution in [3.63, 3.8) is 0 Å². The molecule has 2 aliphatic heterocycles. The summed E-state index contributed by atoms with van der Waals surface area (Å²) in [7, 11) is 0. The summed E-state index contributed by atoms with van der Waals surface area (Å²) in [4.78, 5) is 0. The molecule has 0 aromatic rings. The molecule has 0 radical (unpaired) electrons. The van der Waals surface area contributed by atoms with E-state index in [2.05, 4.69) is 11.8 Å². The Morgan fingerprint density at radius 1 is 0.733 bits per heavy atom. The van der Waals surface area contributed by atoms with E-state index >= 15 is 0 Å². The maximum atomic E-state index is 5.15. The zero-order chi connectivity index (χ0) is 10.3. The van der Waals surface area contributed by atoms with Gasteiger partial charge in [-0.2, -0.15) is 35.3 Å². The molecule has 2 rings (SSSR count). The highest BCUT2D eigenvalue weighted by Crippen LogP contribution is 2.19. The average Bonchev–Trinajstić information content (AvgIpc) is 3.10. The molecule has 2 unspecified atom stereocenters. The van der Waals surface area contributed by atoms with Crippen LogP contribution in [0, 0.1) is 0 Å². The van der Waals surface area contributed by atoms with Gasteiger partial charge in [0, 0.05) is 34.5 Å². The highest BCUT2D eigenvalue weighted by Gasteiger charge is 2.22. The van der Waals surface area contributed by atoms with Crippen LogP contribution < -0.4 is 0 Å². The Kier molecular flexibility index (Phi) is 6.07. The summed E-state index contributed by atoms with van der Waals surface area (Å²) in [5, 5.41) is 0. The van der Waals surface area contributed by atoms with Gasteiger partial charge in [0.2, 0.25) is 0 Å². The van der Waals surface area contributed by atoms with E-state index in [1.165, 1.54) is 34.5 Å². The minimum Gasteiger partial charge on any atom is -0.372 e. The molecule has 2 fully saturated rings. The van der Waals surface area contributed by atoms with Gasteiger partial charge in [-0.1, -0.05) is 0 Å². The van der Waals surface area contributed by atoms with E-state index in [-0.39, 0.29) is 0 Å². The molecule has 0 N–H and O–H groups in total. The second kappa shape index (κ2) is 7.33. The lowest BCUT2D eigenvalue weighted by Crippen LogP contribution is -1.96. The number of thioether (sulfide) groups is 3. The standard InChI is InChI=1S/C10H18O2S3/c1(3-14-7-9-5-11-9)13-2-4-15-8-10-6-12-10/h9-10H,1-8H2. The summed E-state index contributed by atoms with van der Waals surface area (Å²) >= 11 is 6.13. The van der Waals surface area contributed by atoms with Gasteiger partial charge in [-0.25, -0.2) is 0 Å². The highest BCUT2D eigenvalue weighted by atomic mass is 32.2. The molecule has 2 aliphatic rings. The zero-order valence-electron chi connectivity index (χ0n) is 8.85. The molecule has 0 aromatic carbocycles. The summed E-state index contributed by atoms with van der Waals surface area (Å²) in [5.41, 5.74) is 0. The fraction of sp³-hybridized carbons (Fsp3) is 1.00. The zero-order valence-corrected chi connectivity index (χ0v) is 11.3. The molecular formula is C10H18O2S3. The lowest BCUT2D eigenvalue weighted by Gasteiger charge is -2.00. The van der Waals surface area contributed by atoms with Gasteiger partial charge in [-0.3, -0.25) is 0 Å². The van der Waals surface area contributed by atoms with Crippen molar-refractivity contribution in [2.75, 3.05) is 47.7 Å². The van der Waals surface area contributed by atoms with Crippen molar-refractivity contribution >= 4 is 35.3 Å². The van der Waals surface area contributed by atoms with Crippen molar-refractivity contribution in [1.82, 2.24) is 0 Å². The van der Waals surface area contributed by atoms with Crippen LogP contribution in [-0.4, -0.2) is 59.9 Å². The molecule has 0 aliphatic carbocycles. The Balaban J connectivity index is 1.23. The molecule has 0 saturated carbocycles. The van der Waals surface area contributed by atoms with E-state index in [9.17, 15) is 0 Å². The van der Waals surface area contributed by atoms with E-state index in [4.69, 9.17) is 9.47 Å². The number of hydrogen-bond acceptors (Lipinski definition) is 5. The maximum absolute atomic E-state index is 5.15. The van der Waals surface area contributed by atoms with E-state index < -0.39 is 0 Å². The van der Waals surface area contributed by atoms with Crippen molar-refractivity contribution in [2.24, 2.45) is 0 Å². The highest BCUT2D eigenvalue weighted by molar-refractivity contribution is 8.04. The lowest BCUT2D eigenvalue weighted by atomic mass is 10.6. The van der Waals surface area contributed by atoms with Crippen molar-refractivity contribution in [1.29, 1.82) is 0 Å². The summed E-state index contributed by atoms with van der Waals surface area (Å²) < 4.78 is 10.3. The molecule has 0 bridgehead atoms. The van der Waals surface area contributed by atoms with Gasteiger partial charge in [0.25, 0.3) is 0 Å². The molecule has 2 nitrogen and oxygen atoms in total. The first-order valence-corrected chi connectivity index (χ1v) is 8.88. The van der Waals surface area contributed by atoms with Gasteiger partial charge < -0.3 is 9.47 Å². The van der Waals surface area contributed by atoms with Crippen molar-refractivity contribution in [2.45, 2.75) is 12.2 Å². The fourth-order valence-corrected chi connectivity index (χ4v) is 4.43. The van der Waals surface area contributed by atoms with Gasteiger partial charge in [0.1, 0.15) is 0 Å². The van der Waals surface area contributed by atoms with Crippen LogP contribution in [0.1, 0.15) is 0 Å². The molecule has 0 spiro atoms. The quantitative estimate of drug-likeness (QED) is 0.445. The van der Waals surface area contributed by atoms with E-state index in [0.717, 1.165) is 13.2 Å². The molecule has 0 amide bonds. The molecule has 5 heteroatoms. The Bertz CT molecular complexity index is 154. The molecule has 2 heterocycles. The van der Waals surface area contributed by atoms with Crippen LogP contribution in [0.3, 0.4) is 0 Å². The van der Waals surface area contributed by atoms with Crippen LogP contribution in [0.4, 0.5) is 0 Å². The molecule has 2 atom stereocenters. The van der Waals surface area contributed by atoms with Crippen molar-refractivity contribution in [3.8, 4) is 0 Å². The number of hydrogen-bond donors (Lipinski definition) is 0. The summed E-state index contributed by atoms with van der Waals surface area (Å²) in [6.07, 6.45) is 1.18. The summed E-state index contributed by atoms with van der Waals surface area (Å²) in [6, 6.07) is 0. The number of epoxide rings is 2. The largest absolute Gasteiger partial charge is 0.372 e. The Hall–Kier alpha value is 0.970. The first kappa shape index (κ1) is 12.4. The number of ether oxygens (including phenoxy) is 2. The predicted octanol–water partition coefficient (Wildman–Crippen LogP) is 1.98. The Morgan fingerprint density at radius 2 is 1.13 bits per heavy atom.